The number of aromatic amines is 1. The van der Waals surface area contributed by atoms with Crippen molar-refractivity contribution in [1.29, 1.82) is 0 Å². The van der Waals surface area contributed by atoms with Crippen LogP contribution in [0.3, 0.4) is 0 Å². The first-order valence-electron chi connectivity index (χ1n) is 7.18. The summed E-state index contributed by atoms with van der Waals surface area (Å²) in [5.74, 6) is -0.910. The topological polar surface area (TPSA) is 92.0 Å². The fourth-order valence-electron chi connectivity index (χ4n) is 2.62. The minimum atomic E-state index is -0.910. The maximum absolute atomic E-state index is 11.2. The fraction of sp³-hybridized carbons (Fsp3) is 0.250. The summed E-state index contributed by atoms with van der Waals surface area (Å²) in [7, 11) is 0. The number of aromatic nitrogens is 2. The first kappa shape index (κ1) is 14.7. The van der Waals surface area contributed by atoms with E-state index in [1.165, 1.54) is 0 Å². The van der Waals surface area contributed by atoms with Gasteiger partial charge < -0.3 is 15.8 Å². The number of nitrogens with one attached hydrogen (secondary N) is 1. The predicted octanol–water partition coefficient (Wildman–Crippen LogP) is 3.27. The molecule has 0 fully saturated rings. The molecule has 2 heterocycles. The van der Waals surface area contributed by atoms with Gasteiger partial charge in [0.1, 0.15) is 5.01 Å². The Morgan fingerprint density at radius 1 is 1.36 bits per heavy atom. The van der Waals surface area contributed by atoms with Crippen molar-refractivity contribution in [3.63, 3.8) is 0 Å². The summed E-state index contributed by atoms with van der Waals surface area (Å²) in [4.78, 5) is 19.0. The van der Waals surface area contributed by atoms with Crippen LogP contribution in [0.15, 0.2) is 29.8 Å². The highest BCUT2D eigenvalue weighted by Crippen LogP contribution is 2.33. The van der Waals surface area contributed by atoms with Crippen molar-refractivity contribution in [2.45, 2.75) is 19.3 Å². The smallest absolute Gasteiger partial charge is 0.335 e. The molecular weight excluding hydrogens is 298 g/mol. The van der Waals surface area contributed by atoms with Gasteiger partial charge in [-0.15, -0.1) is 11.3 Å². The van der Waals surface area contributed by atoms with Gasteiger partial charge in [-0.25, -0.2) is 9.78 Å². The first-order chi connectivity index (χ1) is 10.7. The van der Waals surface area contributed by atoms with Crippen molar-refractivity contribution < 1.29 is 9.90 Å². The third-order valence-electron chi connectivity index (χ3n) is 3.68. The zero-order valence-electron chi connectivity index (χ0n) is 12.0. The summed E-state index contributed by atoms with van der Waals surface area (Å²) in [6.45, 7) is 0.662. The van der Waals surface area contributed by atoms with Gasteiger partial charge in [0.15, 0.2) is 0 Å². The van der Waals surface area contributed by atoms with Crippen LogP contribution in [0.5, 0.6) is 0 Å². The number of carboxylic acids is 1. The lowest BCUT2D eigenvalue weighted by Gasteiger charge is -2.03. The maximum atomic E-state index is 11.2. The molecule has 114 valence electrons. The van der Waals surface area contributed by atoms with Crippen LogP contribution in [-0.4, -0.2) is 27.6 Å². The van der Waals surface area contributed by atoms with E-state index in [0.29, 0.717) is 12.1 Å². The summed E-state index contributed by atoms with van der Waals surface area (Å²) in [5, 5.41) is 13.0. The second-order valence-corrected chi connectivity index (χ2v) is 6.02. The van der Waals surface area contributed by atoms with Gasteiger partial charge >= 0.3 is 5.97 Å². The molecule has 0 saturated heterocycles. The number of benzene rings is 1. The molecule has 2 aromatic heterocycles. The molecule has 3 aromatic rings. The molecule has 0 atom stereocenters. The molecule has 0 radical (unpaired) electrons. The van der Waals surface area contributed by atoms with E-state index in [9.17, 15) is 9.90 Å². The number of aromatic carboxylic acids is 1. The van der Waals surface area contributed by atoms with Crippen LogP contribution < -0.4 is 5.73 Å². The zero-order valence-corrected chi connectivity index (χ0v) is 12.8. The Labute approximate surface area is 131 Å². The van der Waals surface area contributed by atoms with Crippen LogP contribution in [0.4, 0.5) is 0 Å². The summed E-state index contributed by atoms with van der Waals surface area (Å²) in [6.07, 6.45) is 4.55. The average Bonchev–Trinajstić information content (AvgIpc) is 3.14. The molecule has 0 unspecified atom stereocenters. The van der Waals surface area contributed by atoms with E-state index in [2.05, 4.69) is 9.97 Å². The van der Waals surface area contributed by atoms with Gasteiger partial charge in [0.25, 0.3) is 0 Å². The Morgan fingerprint density at radius 2 is 2.23 bits per heavy atom. The molecule has 0 spiro atoms. The number of hydrogen-bond donors (Lipinski definition) is 3. The highest BCUT2D eigenvalue weighted by molar-refractivity contribution is 7.13. The third kappa shape index (κ3) is 2.75. The van der Waals surface area contributed by atoms with Gasteiger partial charge in [-0.1, -0.05) is 0 Å². The van der Waals surface area contributed by atoms with Crippen LogP contribution in [-0.2, 0) is 6.42 Å². The summed E-state index contributed by atoms with van der Waals surface area (Å²) in [5.41, 5.74) is 8.94. The Morgan fingerprint density at radius 3 is 2.91 bits per heavy atom. The quantitative estimate of drug-likeness (QED) is 0.609. The lowest BCUT2D eigenvalue weighted by atomic mass is 10.0. The molecule has 0 saturated carbocycles. The van der Waals surface area contributed by atoms with Gasteiger partial charge in [-0.2, -0.15) is 0 Å². The largest absolute Gasteiger partial charge is 0.478 e. The second kappa shape index (κ2) is 6.29. The van der Waals surface area contributed by atoms with E-state index >= 15 is 0 Å². The molecule has 6 heteroatoms. The predicted molar refractivity (Wildman–Crippen MR) is 88.4 cm³/mol. The number of carbonyl (C=O) groups is 1. The number of rotatable bonds is 6. The Balaban J connectivity index is 2.12. The van der Waals surface area contributed by atoms with Crippen LogP contribution in [0.25, 0.3) is 21.6 Å². The van der Waals surface area contributed by atoms with E-state index < -0.39 is 5.97 Å². The van der Waals surface area contributed by atoms with Crippen molar-refractivity contribution in [3.8, 4) is 10.7 Å². The van der Waals surface area contributed by atoms with E-state index in [4.69, 9.17) is 5.73 Å². The molecular formula is C16H17N3O2S. The summed E-state index contributed by atoms with van der Waals surface area (Å²) < 4.78 is 0. The Hall–Kier alpha value is -2.18. The number of unbranched alkanes of at least 4 members (excludes halogenated alkanes) is 1. The molecule has 3 rings (SSSR count). The van der Waals surface area contributed by atoms with E-state index in [1.54, 1.807) is 29.7 Å². The first-order valence-corrected chi connectivity index (χ1v) is 8.06. The van der Waals surface area contributed by atoms with Gasteiger partial charge in [0.2, 0.25) is 0 Å². The number of H-pyrrole nitrogens is 1. The minimum absolute atomic E-state index is 0.303. The standard InChI is InChI=1S/C16H17N3O2S/c17-6-2-1-3-11-12-9-10(16(20)21)4-5-13(12)19-14(11)15-18-7-8-22-15/h4-5,7-9,19H,1-3,6,17H2,(H,20,21). The number of aryl methyl sites for hydroxylation is 1. The normalized spacial score (nSPS) is 11.1. The zero-order chi connectivity index (χ0) is 15.5. The highest BCUT2D eigenvalue weighted by atomic mass is 32.1. The van der Waals surface area contributed by atoms with Gasteiger partial charge in [0, 0.05) is 22.5 Å². The number of hydrogen-bond acceptors (Lipinski definition) is 4. The van der Waals surface area contributed by atoms with Crippen molar-refractivity contribution in [2.75, 3.05) is 6.54 Å². The Kier molecular flexibility index (Phi) is 4.22. The average molecular weight is 315 g/mol. The number of thiazole rings is 1. The summed E-state index contributed by atoms with van der Waals surface area (Å²) >= 11 is 1.57. The summed E-state index contributed by atoms with van der Waals surface area (Å²) in [6, 6.07) is 5.18. The molecule has 5 nitrogen and oxygen atoms in total. The lowest BCUT2D eigenvalue weighted by molar-refractivity contribution is 0.0697. The van der Waals surface area contributed by atoms with Crippen molar-refractivity contribution in [3.05, 3.63) is 40.9 Å². The Bertz CT molecular complexity index is 793. The van der Waals surface area contributed by atoms with E-state index in [0.717, 1.165) is 46.4 Å². The molecule has 22 heavy (non-hydrogen) atoms. The molecule has 0 aliphatic rings. The van der Waals surface area contributed by atoms with Crippen LogP contribution >= 0.6 is 11.3 Å². The fourth-order valence-corrected chi connectivity index (χ4v) is 3.28. The number of fused-ring (bicyclic) bond motifs is 1. The van der Waals surface area contributed by atoms with Gasteiger partial charge in [0.05, 0.1) is 11.3 Å². The van der Waals surface area contributed by atoms with Crippen LogP contribution in [0.1, 0.15) is 28.8 Å². The highest BCUT2D eigenvalue weighted by Gasteiger charge is 2.16. The van der Waals surface area contributed by atoms with E-state index in [1.807, 2.05) is 11.4 Å². The van der Waals surface area contributed by atoms with Gasteiger partial charge in [-0.05, 0) is 49.6 Å². The maximum Gasteiger partial charge on any atom is 0.335 e. The van der Waals surface area contributed by atoms with Gasteiger partial charge in [-0.3, -0.25) is 0 Å². The minimum Gasteiger partial charge on any atom is -0.478 e. The van der Waals surface area contributed by atoms with Crippen LogP contribution in [0, 0.1) is 0 Å². The lowest BCUT2D eigenvalue weighted by Crippen LogP contribution is -1.99. The van der Waals surface area contributed by atoms with Crippen molar-refractivity contribution >= 4 is 28.2 Å². The van der Waals surface area contributed by atoms with Crippen molar-refractivity contribution in [2.24, 2.45) is 5.73 Å². The second-order valence-electron chi connectivity index (χ2n) is 5.13. The molecule has 0 bridgehead atoms. The number of carboxylic acid groups (broad SMARTS) is 1. The third-order valence-corrected chi connectivity index (χ3v) is 4.47. The molecule has 0 aliphatic heterocycles. The molecule has 4 N–H and O–H groups in total. The molecule has 0 amide bonds. The molecule has 1 aromatic carbocycles. The SMILES string of the molecule is NCCCCc1c(-c2nccs2)[nH]c2ccc(C(=O)O)cc12. The van der Waals surface area contributed by atoms with Crippen LogP contribution in [0.2, 0.25) is 0 Å². The van der Waals surface area contributed by atoms with E-state index in [-0.39, 0.29) is 0 Å². The number of nitrogens with zero attached hydrogens (tertiary/aromatic N) is 1. The van der Waals surface area contributed by atoms with Crippen molar-refractivity contribution in [1.82, 2.24) is 9.97 Å². The monoisotopic (exact) mass is 315 g/mol. The molecule has 0 aliphatic carbocycles. The number of nitrogens with two attached hydrogens (primary N) is 1.